The van der Waals surface area contributed by atoms with Gasteiger partial charge in [0.2, 0.25) is 0 Å². The molecule has 1 unspecified atom stereocenters. The fraction of sp³-hybridized carbons (Fsp3) is 0.700. The number of hydrogen-bond acceptors (Lipinski definition) is 5. The minimum absolute atomic E-state index is 0.177. The molecule has 26 heavy (non-hydrogen) atoms. The largest absolute Gasteiger partial charge is 0.301 e. The summed E-state index contributed by atoms with van der Waals surface area (Å²) in [6.07, 6.45) is 7.18. The molecular weight excluding hydrogens is 344 g/mol. The number of fused-ring (bicyclic) bond motifs is 3. The van der Waals surface area contributed by atoms with Crippen molar-refractivity contribution in [1.82, 2.24) is 19.4 Å². The third-order valence-electron chi connectivity index (χ3n) is 6.13. The van der Waals surface area contributed by atoms with Gasteiger partial charge in [-0.3, -0.25) is 14.3 Å². The normalized spacial score (nSPS) is 22.0. The second-order valence-electron chi connectivity index (χ2n) is 7.65. The molecule has 0 aromatic carbocycles. The third-order valence-corrected chi connectivity index (χ3v) is 7.30. The molecule has 0 amide bonds. The Morgan fingerprint density at radius 1 is 1.23 bits per heavy atom. The van der Waals surface area contributed by atoms with Crippen LogP contribution in [0, 0.1) is 0 Å². The first-order valence-electron chi connectivity index (χ1n) is 10.2. The summed E-state index contributed by atoms with van der Waals surface area (Å²) in [5.41, 5.74) is 1.48. The molecule has 0 spiro atoms. The van der Waals surface area contributed by atoms with E-state index in [0.29, 0.717) is 6.04 Å². The molecule has 5 nitrogen and oxygen atoms in total. The molecule has 2 aromatic rings. The molecule has 0 radical (unpaired) electrons. The van der Waals surface area contributed by atoms with E-state index in [-0.39, 0.29) is 5.56 Å². The van der Waals surface area contributed by atoms with Crippen LogP contribution in [0.5, 0.6) is 0 Å². The van der Waals surface area contributed by atoms with Gasteiger partial charge in [0, 0.05) is 43.6 Å². The molecule has 6 heteroatoms. The molecule has 0 saturated carbocycles. The van der Waals surface area contributed by atoms with Crippen LogP contribution in [-0.4, -0.2) is 58.1 Å². The van der Waals surface area contributed by atoms with Crippen LogP contribution < -0.4 is 5.56 Å². The van der Waals surface area contributed by atoms with Crippen molar-refractivity contribution in [3.8, 4) is 0 Å². The van der Waals surface area contributed by atoms with E-state index in [4.69, 9.17) is 0 Å². The van der Waals surface area contributed by atoms with Gasteiger partial charge in [0.15, 0.2) is 0 Å². The van der Waals surface area contributed by atoms with E-state index < -0.39 is 0 Å². The lowest BCUT2D eigenvalue weighted by Crippen LogP contribution is -2.51. The number of likely N-dealkylation sites (N-methyl/N-ethyl adjacent to an activating group) is 1. The van der Waals surface area contributed by atoms with Crippen molar-refractivity contribution in [2.24, 2.45) is 0 Å². The average Bonchev–Trinajstić information content (AvgIpc) is 3.06. The number of aromatic nitrogens is 2. The molecule has 2 aromatic heterocycles. The first-order chi connectivity index (χ1) is 12.7. The second-order valence-corrected chi connectivity index (χ2v) is 8.73. The number of thiophene rings is 1. The highest BCUT2D eigenvalue weighted by atomic mass is 32.1. The summed E-state index contributed by atoms with van der Waals surface area (Å²) in [6, 6.07) is 0.636. The molecule has 1 saturated heterocycles. The highest BCUT2D eigenvalue weighted by molar-refractivity contribution is 7.18. The smallest absolute Gasteiger partial charge is 0.262 e. The summed E-state index contributed by atoms with van der Waals surface area (Å²) >= 11 is 1.76. The molecule has 1 aliphatic heterocycles. The minimum Gasteiger partial charge on any atom is -0.301 e. The Kier molecular flexibility index (Phi) is 5.43. The average molecular weight is 375 g/mol. The first-order valence-corrected chi connectivity index (χ1v) is 11.0. The molecule has 0 N–H and O–H groups in total. The summed E-state index contributed by atoms with van der Waals surface area (Å²) in [4.78, 5) is 25.1. The number of nitrogens with zero attached hydrogens (tertiary/aromatic N) is 4. The van der Waals surface area contributed by atoms with Crippen molar-refractivity contribution in [2.45, 2.75) is 58.5 Å². The standard InChI is InChI=1S/C20H30N4OS/c1-3-5-8-24-14-21-19-18(20(24)25)16-7-6-15(13-17(16)26-19)23-11-9-22(4-2)10-12-23/h14-15H,3-13H2,1-2H3. The van der Waals surface area contributed by atoms with Gasteiger partial charge < -0.3 is 4.90 Å². The lowest BCUT2D eigenvalue weighted by Gasteiger charge is -2.40. The quantitative estimate of drug-likeness (QED) is 0.807. The van der Waals surface area contributed by atoms with Gasteiger partial charge >= 0.3 is 0 Å². The van der Waals surface area contributed by atoms with Crippen LogP contribution in [0.2, 0.25) is 0 Å². The summed E-state index contributed by atoms with van der Waals surface area (Å²) in [5, 5.41) is 0.915. The van der Waals surface area contributed by atoms with Crippen LogP contribution in [-0.2, 0) is 19.4 Å². The predicted octanol–water partition coefficient (Wildman–Crippen LogP) is 2.75. The van der Waals surface area contributed by atoms with Crippen LogP contribution >= 0.6 is 11.3 Å². The zero-order chi connectivity index (χ0) is 18.1. The van der Waals surface area contributed by atoms with Gasteiger partial charge in [-0.1, -0.05) is 20.3 Å². The van der Waals surface area contributed by atoms with Gasteiger partial charge in [-0.15, -0.1) is 11.3 Å². The van der Waals surface area contributed by atoms with Gasteiger partial charge in [0.25, 0.3) is 5.56 Å². The number of hydrogen-bond donors (Lipinski definition) is 0. The zero-order valence-electron chi connectivity index (χ0n) is 16.0. The summed E-state index contributed by atoms with van der Waals surface area (Å²) < 4.78 is 1.81. The van der Waals surface area contributed by atoms with Gasteiger partial charge in [0.1, 0.15) is 4.83 Å². The lowest BCUT2D eigenvalue weighted by atomic mass is 9.91. The van der Waals surface area contributed by atoms with E-state index in [0.717, 1.165) is 49.0 Å². The Morgan fingerprint density at radius 2 is 2.04 bits per heavy atom. The second kappa shape index (κ2) is 7.79. The molecule has 2 aliphatic rings. The maximum absolute atomic E-state index is 12.9. The van der Waals surface area contributed by atoms with E-state index >= 15 is 0 Å². The van der Waals surface area contributed by atoms with Gasteiger partial charge in [0.05, 0.1) is 11.7 Å². The summed E-state index contributed by atoms with van der Waals surface area (Å²) in [7, 11) is 0. The highest BCUT2D eigenvalue weighted by Gasteiger charge is 2.30. The maximum Gasteiger partial charge on any atom is 0.262 e. The Hall–Kier alpha value is -1.24. The molecule has 4 rings (SSSR count). The fourth-order valence-corrected chi connectivity index (χ4v) is 5.68. The lowest BCUT2D eigenvalue weighted by molar-refractivity contribution is 0.0932. The van der Waals surface area contributed by atoms with Crippen molar-refractivity contribution in [3.05, 3.63) is 27.1 Å². The van der Waals surface area contributed by atoms with Gasteiger partial charge in [-0.25, -0.2) is 4.98 Å². The molecule has 1 atom stereocenters. The molecule has 1 aliphatic carbocycles. The zero-order valence-corrected chi connectivity index (χ0v) is 16.9. The van der Waals surface area contributed by atoms with Gasteiger partial charge in [-0.2, -0.15) is 0 Å². The SMILES string of the molecule is CCCCn1cnc2sc3c(c2c1=O)CCC(N1CCN(CC)CC1)C3. The number of unbranched alkanes of at least 4 members (excludes halogenated alkanes) is 1. The van der Waals surface area contributed by atoms with E-state index in [9.17, 15) is 4.79 Å². The molecule has 142 valence electrons. The first kappa shape index (κ1) is 18.1. The van der Waals surface area contributed by atoms with Crippen LogP contribution in [0.25, 0.3) is 10.2 Å². The number of rotatable bonds is 5. The summed E-state index contributed by atoms with van der Waals surface area (Å²) in [5.74, 6) is 0. The van der Waals surface area contributed by atoms with E-state index in [1.165, 1.54) is 43.0 Å². The summed E-state index contributed by atoms with van der Waals surface area (Å²) in [6.45, 7) is 11.1. The van der Waals surface area contributed by atoms with E-state index in [2.05, 4.69) is 28.6 Å². The van der Waals surface area contributed by atoms with Gasteiger partial charge in [-0.05, 0) is 37.8 Å². The van der Waals surface area contributed by atoms with E-state index in [1.54, 1.807) is 17.7 Å². The predicted molar refractivity (Wildman–Crippen MR) is 108 cm³/mol. The Morgan fingerprint density at radius 3 is 2.77 bits per heavy atom. The Bertz CT molecular complexity index is 819. The number of aryl methyl sites for hydroxylation is 2. The Labute approximate surface area is 159 Å². The van der Waals surface area contributed by atoms with Crippen molar-refractivity contribution in [1.29, 1.82) is 0 Å². The van der Waals surface area contributed by atoms with Crippen LogP contribution in [0.1, 0.15) is 43.6 Å². The fourth-order valence-electron chi connectivity index (χ4n) is 4.43. The topological polar surface area (TPSA) is 41.4 Å². The minimum atomic E-state index is 0.177. The molecule has 1 fully saturated rings. The monoisotopic (exact) mass is 374 g/mol. The third kappa shape index (κ3) is 3.35. The van der Waals surface area contributed by atoms with Crippen molar-refractivity contribution in [3.63, 3.8) is 0 Å². The molecular formula is C20H30N4OS. The highest BCUT2D eigenvalue weighted by Crippen LogP contribution is 2.35. The number of piperazine rings is 1. The van der Waals surface area contributed by atoms with Crippen molar-refractivity contribution in [2.75, 3.05) is 32.7 Å². The van der Waals surface area contributed by atoms with E-state index in [1.807, 2.05) is 4.57 Å². The molecule has 3 heterocycles. The van der Waals surface area contributed by atoms with Crippen LogP contribution in [0.15, 0.2) is 11.1 Å². The van der Waals surface area contributed by atoms with Crippen LogP contribution in [0.3, 0.4) is 0 Å². The van der Waals surface area contributed by atoms with Crippen molar-refractivity contribution < 1.29 is 0 Å². The molecule has 0 bridgehead atoms. The Balaban J connectivity index is 1.56. The maximum atomic E-state index is 12.9. The van der Waals surface area contributed by atoms with Crippen molar-refractivity contribution >= 4 is 21.6 Å². The van der Waals surface area contributed by atoms with Crippen LogP contribution in [0.4, 0.5) is 0 Å².